The number of aromatic nitrogens is 3. The Morgan fingerprint density at radius 3 is 2.90 bits per heavy atom. The predicted molar refractivity (Wildman–Crippen MR) is 82.2 cm³/mol. The standard InChI is InChI=1S/C16H15ClFN3/c1-11-9-19-7-5-12(11)10-21-15-3-2-13(18)8-14(15)20-16(21)4-6-17/h2-3,5,7-9H,4,6,10H2,1H3. The van der Waals surface area contributed by atoms with Crippen molar-refractivity contribution in [1.29, 1.82) is 0 Å². The third-order valence-electron chi connectivity index (χ3n) is 3.57. The van der Waals surface area contributed by atoms with Crippen molar-refractivity contribution in [3.63, 3.8) is 0 Å². The summed E-state index contributed by atoms with van der Waals surface area (Å²) in [6, 6.07) is 6.69. The third-order valence-corrected chi connectivity index (χ3v) is 3.76. The first-order valence-corrected chi connectivity index (χ1v) is 7.32. The summed E-state index contributed by atoms with van der Waals surface area (Å²) in [6.07, 6.45) is 4.28. The molecule has 0 radical (unpaired) electrons. The van der Waals surface area contributed by atoms with Crippen LogP contribution >= 0.6 is 11.6 Å². The van der Waals surface area contributed by atoms with Crippen molar-refractivity contribution in [2.45, 2.75) is 19.9 Å². The summed E-state index contributed by atoms with van der Waals surface area (Å²) in [5.74, 6) is 1.09. The van der Waals surface area contributed by atoms with Crippen molar-refractivity contribution >= 4 is 22.6 Å². The van der Waals surface area contributed by atoms with Gasteiger partial charge in [0.1, 0.15) is 11.6 Å². The maximum Gasteiger partial charge on any atom is 0.125 e. The Morgan fingerprint density at radius 2 is 2.14 bits per heavy atom. The lowest BCUT2D eigenvalue weighted by Crippen LogP contribution is -2.07. The number of benzene rings is 1. The van der Waals surface area contributed by atoms with Crippen molar-refractivity contribution in [3.05, 3.63) is 59.4 Å². The van der Waals surface area contributed by atoms with Gasteiger partial charge in [0.05, 0.1) is 11.0 Å². The predicted octanol–water partition coefficient (Wildman–Crippen LogP) is 3.71. The Hall–Kier alpha value is -1.94. The second kappa shape index (κ2) is 5.82. The topological polar surface area (TPSA) is 30.7 Å². The summed E-state index contributed by atoms with van der Waals surface area (Å²) < 4.78 is 15.5. The number of imidazole rings is 1. The second-order valence-electron chi connectivity index (χ2n) is 4.99. The lowest BCUT2D eigenvalue weighted by molar-refractivity contribution is 0.629. The summed E-state index contributed by atoms with van der Waals surface area (Å²) in [6.45, 7) is 2.71. The van der Waals surface area contributed by atoms with Gasteiger partial charge in [0, 0.05) is 37.3 Å². The fourth-order valence-electron chi connectivity index (χ4n) is 2.45. The van der Waals surface area contributed by atoms with Gasteiger partial charge in [-0.3, -0.25) is 4.98 Å². The molecule has 2 aromatic heterocycles. The fraction of sp³-hybridized carbons (Fsp3) is 0.250. The summed E-state index contributed by atoms with van der Waals surface area (Å²) in [5.41, 5.74) is 3.89. The molecule has 0 aliphatic heterocycles. The SMILES string of the molecule is Cc1cnccc1Cn1c(CCCl)nc2cc(F)ccc21. The summed E-state index contributed by atoms with van der Waals surface area (Å²) in [5, 5.41) is 0. The van der Waals surface area contributed by atoms with Crippen LogP contribution < -0.4 is 0 Å². The molecule has 0 amide bonds. The van der Waals surface area contributed by atoms with Crippen molar-refractivity contribution in [1.82, 2.24) is 14.5 Å². The molecule has 0 unspecified atom stereocenters. The van der Waals surface area contributed by atoms with E-state index in [1.54, 1.807) is 12.3 Å². The first-order chi connectivity index (χ1) is 10.2. The zero-order valence-electron chi connectivity index (χ0n) is 11.7. The molecule has 0 fully saturated rings. The summed E-state index contributed by atoms with van der Waals surface area (Å²) >= 11 is 5.86. The van der Waals surface area contributed by atoms with Crippen LogP contribution in [0.25, 0.3) is 11.0 Å². The van der Waals surface area contributed by atoms with Crippen LogP contribution in [0.3, 0.4) is 0 Å². The van der Waals surface area contributed by atoms with Gasteiger partial charge < -0.3 is 4.57 Å². The molecule has 2 heterocycles. The Bertz CT molecular complexity index is 782. The number of hydrogen-bond acceptors (Lipinski definition) is 2. The first-order valence-electron chi connectivity index (χ1n) is 6.79. The molecule has 0 atom stereocenters. The number of aryl methyl sites for hydroxylation is 2. The highest BCUT2D eigenvalue weighted by atomic mass is 35.5. The molecule has 0 spiro atoms. The van der Waals surface area contributed by atoms with Gasteiger partial charge in [0.15, 0.2) is 0 Å². The van der Waals surface area contributed by atoms with Crippen molar-refractivity contribution in [2.75, 3.05) is 5.88 Å². The average Bonchev–Trinajstić information content (AvgIpc) is 2.79. The molecular formula is C16H15ClFN3. The minimum absolute atomic E-state index is 0.273. The van der Waals surface area contributed by atoms with Gasteiger partial charge in [-0.1, -0.05) is 0 Å². The molecule has 0 bridgehead atoms. The molecule has 1 aromatic carbocycles. The Labute approximate surface area is 127 Å². The molecule has 0 saturated heterocycles. The van der Waals surface area contributed by atoms with Crippen LogP contribution in [0.15, 0.2) is 36.7 Å². The maximum atomic E-state index is 13.4. The van der Waals surface area contributed by atoms with Gasteiger partial charge in [0.2, 0.25) is 0 Å². The second-order valence-corrected chi connectivity index (χ2v) is 5.37. The van der Waals surface area contributed by atoms with Gasteiger partial charge in [-0.2, -0.15) is 0 Å². The molecule has 3 rings (SSSR count). The number of rotatable bonds is 4. The monoisotopic (exact) mass is 303 g/mol. The Kier molecular flexibility index (Phi) is 3.88. The van der Waals surface area contributed by atoms with Crippen LogP contribution in [0.4, 0.5) is 4.39 Å². The molecule has 0 N–H and O–H groups in total. The molecule has 21 heavy (non-hydrogen) atoms. The molecule has 108 valence electrons. The fourth-order valence-corrected chi connectivity index (χ4v) is 2.62. The van der Waals surface area contributed by atoms with E-state index >= 15 is 0 Å². The zero-order valence-corrected chi connectivity index (χ0v) is 12.4. The minimum Gasteiger partial charge on any atom is -0.323 e. The summed E-state index contributed by atoms with van der Waals surface area (Å²) in [4.78, 5) is 8.62. The van der Waals surface area contributed by atoms with Gasteiger partial charge in [-0.15, -0.1) is 11.6 Å². The normalized spacial score (nSPS) is 11.2. The van der Waals surface area contributed by atoms with Gasteiger partial charge in [-0.25, -0.2) is 9.37 Å². The van der Waals surface area contributed by atoms with Crippen LogP contribution in [0.1, 0.15) is 17.0 Å². The molecule has 3 aromatic rings. The average molecular weight is 304 g/mol. The van der Waals surface area contributed by atoms with E-state index in [9.17, 15) is 4.39 Å². The minimum atomic E-state index is -0.273. The van der Waals surface area contributed by atoms with Gasteiger partial charge in [0.25, 0.3) is 0 Å². The molecular weight excluding hydrogens is 289 g/mol. The molecule has 3 nitrogen and oxygen atoms in total. The lowest BCUT2D eigenvalue weighted by atomic mass is 10.1. The van der Waals surface area contributed by atoms with Crippen LogP contribution in [-0.4, -0.2) is 20.4 Å². The van der Waals surface area contributed by atoms with Crippen LogP contribution in [-0.2, 0) is 13.0 Å². The maximum absolute atomic E-state index is 13.4. The van der Waals surface area contributed by atoms with E-state index in [1.165, 1.54) is 17.7 Å². The Balaban J connectivity index is 2.11. The largest absolute Gasteiger partial charge is 0.323 e. The number of alkyl halides is 1. The third kappa shape index (κ3) is 2.76. The zero-order chi connectivity index (χ0) is 14.8. The number of hydrogen-bond donors (Lipinski definition) is 0. The quantitative estimate of drug-likeness (QED) is 0.688. The van der Waals surface area contributed by atoms with E-state index in [1.807, 2.05) is 19.2 Å². The van der Waals surface area contributed by atoms with Gasteiger partial charge >= 0.3 is 0 Å². The van der Waals surface area contributed by atoms with E-state index in [4.69, 9.17) is 11.6 Å². The molecule has 0 saturated carbocycles. The highest BCUT2D eigenvalue weighted by Gasteiger charge is 2.12. The molecule has 5 heteroatoms. The van der Waals surface area contributed by atoms with E-state index in [-0.39, 0.29) is 5.82 Å². The number of pyridine rings is 1. The van der Waals surface area contributed by atoms with E-state index in [0.717, 1.165) is 16.9 Å². The lowest BCUT2D eigenvalue weighted by Gasteiger charge is -2.10. The van der Waals surface area contributed by atoms with Gasteiger partial charge in [-0.05, 0) is 36.2 Å². The van der Waals surface area contributed by atoms with Crippen LogP contribution in [0, 0.1) is 12.7 Å². The first kappa shape index (κ1) is 14.0. The Morgan fingerprint density at radius 1 is 1.29 bits per heavy atom. The van der Waals surface area contributed by atoms with Crippen LogP contribution in [0.2, 0.25) is 0 Å². The van der Waals surface area contributed by atoms with E-state index in [2.05, 4.69) is 14.5 Å². The van der Waals surface area contributed by atoms with Crippen molar-refractivity contribution < 1.29 is 4.39 Å². The number of halogens is 2. The highest BCUT2D eigenvalue weighted by Crippen LogP contribution is 2.20. The number of fused-ring (bicyclic) bond motifs is 1. The van der Waals surface area contributed by atoms with Crippen LogP contribution in [0.5, 0.6) is 0 Å². The summed E-state index contributed by atoms with van der Waals surface area (Å²) in [7, 11) is 0. The molecule has 0 aliphatic carbocycles. The van der Waals surface area contributed by atoms with Crippen molar-refractivity contribution in [2.24, 2.45) is 0 Å². The highest BCUT2D eigenvalue weighted by molar-refractivity contribution is 6.17. The smallest absolute Gasteiger partial charge is 0.125 e. The number of nitrogens with zero attached hydrogens (tertiary/aromatic N) is 3. The van der Waals surface area contributed by atoms with E-state index in [0.29, 0.717) is 24.4 Å². The molecule has 0 aliphatic rings. The van der Waals surface area contributed by atoms with Crippen molar-refractivity contribution in [3.8, 4) is 0 Å². The van der Waals surface area contributed by atoms with E-state index < -0.39 is 0 Å².